The lowest BCUT2D eigenvalue weighted by Crippen LogP contribution is -2.24. The van der Waals surface area contributed by atoms with Crippen LogP contribution in [0.2, 0.25) is 0 Å². The van der Waals surface area contributed by atoms with Gasteiger partial charge >= 0.3 is 0 Å². The van der Waals surface area contributed by atoms with E-state index in [1.54, 1.807) is 20.8 Å². The molecule has 0 radical (unpaired) electrons. The Labute approximate surface area is 94.5 Å². The summed E-state index contributed by atoms with van der Waals surface area (Å²) in [6.45, 7) is 4.92. The average Bonchev–Trinajstić information content (AvgIpc) is 2.24. The highest BCUT2D eigenvalue weighted by molar-refractivity contribution is 5.50. The largest absolute Gasteiger partial charge is 0.504 e. The van der Waals surface area contributed by atoms with Gasteiger partial charge in [-0.2, -0.15) is 0 Å². The maximum Gasteiger partial charge on any atom is 0.197 e. The summed E-state index contributed by atoms with van der Waals surface area (Å²) in [7, 11) is 1.30. The normalized spacial score (nSPS) is 11.6. The van der Waals surface area contributed by atoms with E-state index in [2.05, 4.69) is 0 Å². The first-order valence-electron chi connectivity index (χ1n) is 5.02. The van der Waals surface area contributed by atoms with Crippen LogP contribution in [0.15, 0.2) is 6.07 Å². The third kappa shape index (κ3) is 1.97. The smallest absolute Gasteiger partial charge is 0.197 e. The molecule has 0 bridgehead atoms. The summed E-state index contributed by atoms with van der Waals surface area (Å²) < 4.78 is 18.8. The third-order valence-corrected chi connectivity index (χ3v) is 2.71. The van der Waals surface area contributed by atoms with Gasteiger partial charge in [-0.3, -0.25) is 0 Å². The fourth-order valence-electron chi connectivity index (χ4n) is 1.52. The zero-order chi connectivity index (χ0) is 12.5. The number of aromatic hydroxyl groups is 1. The average molecular weight is 228 g/mol. The number of benzene rings is 1. The highest BCUT2D eigenvalue weighted by Gasteiger charge is 2.27. The van der Waals surface area contributed by atoms with Crippen LogP contribution < -0.4 is 4.74 Å². The molecule has 1 aromatic carbocycles. The quantitative estimate of drug-likeness (QED) is 0.833. The summed E-state index contributed by atoms with van der Waals surface area (Å²) in [4.78, 5) is 0. The Kier molecular flexibility index (Phi) is 3.43. The first-order chi connectivity index (χ1) is 7.35. The Hall–Kier alpha value is -1.29. The van der Waals surface area contributed by atoms with Crippen LogP contribution in [0.1, 0.15) is 25.0 Å². The number of aliphatic hydroxyl groups excluding tert-OH is 1. The van der Waals surface area contributed by atoms with Crippen molar-refractivity contribution in [2.75, 3.05) is 13.7 Å². The van der Waals surface area contributed by atoms with Crippen LogP contribution in [0.4, 0.5) is 4.39 Å². The van der Waals surface area contributed by atoms with Gasteiger partial charge < -0.3 is 14.9 Å². The van der Waals surface area contributed by atoms with Gasteiger partial charge in [-0.25, -0.2) is 4.39 Å². The van der Waals surface area contributed by atoms with E-state index in [0.717, 1.165) is 0 Å². The highest BCUT2D eigenvalue weighted by atomic mass is 19.1. The Morgan fingerprint density at radius 2 is 2.00 bits per heavy atom. The first-order valence-corrected chi connectivity index (χ1v) is 5.02. The molecule has 0 fully saturated rings. The fraction of sp³-hybridized carbons (Fsp3) is 0.500. The van der Waals surface area contributed by atoms with Crippen LogP contribution in [0.25, 0.3) is 0 Å². The maximum atomic E-state index is 14.0. The minimum Gasteiger partial charge on any atom is -0.504 e. The molecule has 0 saturated heterocycles. The third-order valence-electron chi connectivity index (χ3n) is 2.71. The fourth-order valence-corrected chi connectivity index (χ4v) is 1.52. The molecule has 4 heteroatoms. The van der Waals surface area contributed by atoms with E-state index in [9.17, 15) is 14.6 Å². The summed E-state index contributed by atoms with van der Waals surface area (Å²) in [5.74, 6) is -0.987. The van der Waals surface area contributed by atoms with E-state index in [0.29, 0.717) is 11.1 Å². The Morgan fingerprint density at radius 3 is 2.44 bits per heavy atom. The lowest BCUT2D eigenvalue weighted by Gasteiger charge is -2.24. The van der Waals surface area contributed by atoms with Crippen molar-refractivity contribution in [2.45, 2.75) is 26.2 Å². The van der Waals surface area contributed by atoms with Crippen molar-refractivity contribution < 1.29 is 19.3 Å². The Morgan fingerprint density at radius 1 is 1.44 bits per heavy atom. The van der Waals surface area contributed by atoms with Gasteiger partial charge in [-0.1, -0.05) is 13.8 Å². The number of aryl methyl sites for hydroxylation is 1. The lowest BCUT2D eigenvalue weighted by atomic mass is 9.84. The summed E-state index contributed by atoms with van der Waals surface area (Å²) >= 11 is 0. The van der Waals surface area contributed by atoms with Crippen LogP contribution in [-0.2, 0) is 5.41 Å². The molecule has 1 aromatic rings. The minimum atomic E-state index is -0.712. The molecule has 0 aliphatic rings. The van der Waals surface area contributed by atoms with E-state index in [4.69, 9.17) is 4.74 Å². The molecule has 2 N–H and O–H groups in total. The number of hydrogen-bond acceptors (Lipinski definition) is 3. The van der Waals surface area contributed by atoms with Gasteiger partial charge in [0.25, 0.3) is 0 Å². The second-order valence-electron chi connectivity index (χ2n) is 4.48. The predicted molar refractivity (Wildman–Crippen MR) is 59.5 cm³/mol. The van der Waals surface area contributed by atoms with Gasteiger partial charge in [0.05, 0.1) is 13.7 Å². The molecular formula is C12H17FO3. The van der Waals surface area contributed by atoms with Crippen molar-refractivity contribution >= 4 is 0 Å². The number of phenols is 1. The van der Waals surface area contributed by atoms with Crippen molar-refractivity contribution in [1.82, 2.24) is 0 Å². The molecule has 0 spiro atoms. The number of aliphatic hydroxyl groups is 1. The summed E-state index contributed by atoms with van der Waals surface area (Å²) in [6.07, 6.45) is 0. The van der Waals surface area contributed by atoms with Crippen molar-refractivity contribution in [3.8, 4) is 11.5 Å². The molecule has 0 aliphatic heterocycles. The molecule has 0 aromatic heterocycles. The van der Waals surface area contributed by atoms with E-state index < -0.39 is 11.2 Å². The SMILES string of the molecule is COc1c(O)c(C)cc(C(C)(C)CO)c1F. The zero-order valence-electron chi connectivity index (χ0n) is 9.97. The molecule has 3 nitrogen and oxygen atoms in total. The molecule has 0 atom stereocenters. The number of phenolic OH excluding ortho intramolecular Hbond substituents is 1. The molecule has 0 heterocycles. The molecule has 0 amide bonds. The van der Waals surface area contributed by atoms with Crippen molar-refractivity contribution in [2.24, 2.45) is 0 Å². The van der Waals surface area contributed by atoms with Gasteiger partial charge in [0, 0.05) is 11.0 Å². The molecular weight excluding hydrogens is 211 g/mol. The van der Waals surface area contributed by atoms with Gasteiger partial charge in [0.2, 0.25) is 0 Å². The highest BCUT2D eigenvalue weighted by Crippen LogP contribution is 2.38. The van der Waals surface area contributed by atoms with E-state index in [1.165, 1.54) is 13.2 Å². The maximum absolute atomic E-state index is 14.0. The van der Waals surface area contributed by atoms with Crippen LogP contribution >= 0.6 is 0 Å². The number of rotatable bonds is 3. The van der Waals surface area contributed by atoms with Crippen LogP contribution in [0, 0.1) is 12.7 Å². The van der Waals surface area contributed by atoms with Crippen molar-refractivity contribution in [3.05, 3.63) is 23.0 Å². The first kappa shape index (κ1) is 12.8. The van der Waals surface area contributed by atoms with E-state index in [1.807, 2.05) is 0 Å². The monoisotopic (exact) mass is 228 g/mol. The van der Waals surface area contributed by atoms with Crippen LogP contribution in [0.3, 0.4) is 0 Å². The summed E-state index contributed by atoms with van der Waals surface area (Å²) in [6, 6.07) is 1.53. The second-order valence-corrected chi connectivity index (χ2v) is 4.48. The number of ether oxygens (including phenoxy) is 1. The van der Waals surface area contributed by atoms with Gasteiger partial charge in [-0.15, -0.1) is 0 Å². The molecule has 16 heavy (non-hydrogen) atoms. The Bertz CT molecular complexity index is 400. The topological polar surface area (TPSA) is 49.7 Å². The number of hydrogen-bond donors (Lipinski definition) is 2. The number of methoxy groups -OCH3 is 1. The molecule has 0 saturated carbocycles. The summed E-state index contributed by atoms with van der Waals surface area (Å²) in [5.41, 5.74) is 0.146. The van der Waals surface area contributed by atoms with Gasteiger partial charge in [-0.05, 0) is 18.6 Å². The zero-order valence-corrected chi connectivity index (χ0v) is 9.97. The molecule has 0 aliphatic carbocycles. The molecule has 1 rings (SSSR count). The summed E-state index contributed by atoms with van der Waals surface area (Å²) in [5, 5.41) is 18.8. The van der Waals surface area contributed by atoms with Crippen molar-refractivity contribution in [3.63, 3.8) is 0 Å². The molecule has 0 unspecified atom stereocenters. The predicted octanol–water partition coefficient (Wildman–Crippen LogP) is 2.12. The number of halogens is 1. The van der Waals surface area contributed by atoms with Gasteiger partial charge in [0.1, 0.15) is 0 Å². The molecule has 90 valence electrons. The minimum absolute atomic E-state index is 0.170. The lowest BCUT2D eigenvalue weighted by molar-refractivity contribution is 0.213. The van der Waals surface area contributed by atoms with E-state index >= 15 is 0 Å². The van der Waals surface area contributed by atoms with Gasteiger partial charge in [0.15, 0.2) is 17.3 Å². The van der Waals surface area contributed by atoms with E-state index in [-0.39, 0.29) is 18.1 Å². The van der Waals surface area contributed by atoms with Crippen LogP contribution in [-0.4, -0.2) is 23.9 Å². The van der Waals surface area contributed by atoms with Crippen molar-refractivity contribution in [1.29, 1.82) is 0 Å². The van der Waals surface area contributed by atoms with Crippen LogP contribution in [0.5, 0.6) is 11.5 Å². The second kappa shape index (κ2) is 4.29. The Balaban J connectivity index is 3.49. The standard InChI is InChI=1S/C12H17FO3/c1-7-5-8(12(2,3)6-14)9(13)11(16-4)10(7)15/h5,14-15H,6H2,1-4H3.